The molecule has 7 nitrogen and oxygen atoms in total. The number of carbonyl (C=O) groups excluding carboxylic acids is 1. The molecular formula is C18H15ClN4O3. The Hall–Kier alpha value is -3.19. The van der Waals surface area contributed by atoms with Gasteiger partial charge in [0.25, 0.3) is 11.5 Å². The molecule has 1 N–H and O–H groups in total. The Bertz CT molecular complexity index is 1080. The van der Waals surface area contributed by atoms with Crippen LogP contribution in [0.25, 0.3) is 5.69 Å². The van der Waals surface area contributed by atoms with Gasteiger partial charge in [-0.3, -0.25) is 14.2 Å². The molecule has 0 saturated carbocycles. The van der Waals surface area contributed by atoms with E-state index in [0.29, 0.717) is 16.4 Å². The van der Waals surface area contributed by atoms with Gasteiger partial charge in [0, 0.05) is 17.8 Å². The number of halogens is 1. The Balaban J connectivity index is 2.05. The first kappa shape index (κ1) is 17.6. The first-order chi connectivity index (χ1) is 12.4. The molecule has 0 spiro atoms. The van der Waals surface area contributed by atoms with Crippen LogP contribution in [-0.2, 0) is 7.05 Å². The van der Waals surface area contributed by atoms with E-state index < -0.39 is 17.2 Å². The molecule has 0 fully saturated rings. The van der Waals surface area contributed by atoms with E-state index in [2.05, 4.69) is 10.4 Å². The number of hydrogen-bond donors (Lipinski definition) is 1. The van der Waals surface area contributed by atoms with Crippen LogP contribution in [0.3, 0.4) is 0 Å². The Morgan fingerprint density at radius 2 is 1.65 bits per heavy atom. The average Bonchev–Trinajstić information content (AvgIpc) is 2.63. The van der Waals surface area contributed by atoms with E-state index in [-0.39, 0.29) is 5.69 Å². The third-order valence-electron chi connectivity index (χ3n) is 3.77. The molecular weight excluding hydrogens is 356 g/mol. The number of carbonyl (C=O) groups is 1. The van der Waals surface area contributed by atoms with Gasteiger partial charge in [-0.15, -0.1) is 0 Å². The summed E-state index contributed by atoms with van der Waals surface area (Å²) in [6.07, 6.45) is 0. The van der Waals surface area contributed by atoms with E-state index in [1.54, 1.807) is 36.4 Å². The number of amides is 1. The predicted octanol–water partition coefficient (Wildman–Crippen LogP) is 2.15. The van der Waals surface area contributed by atoms with Crippen LogP contribution in [-0.4, -0.2) is 20.3 Å². The van der Waals surface area contributed by atoms with Crippen LogP contribution in [0, 0.1) is 6.92 Å². The lowest BCUT2D eigenvalue weighted by atomic mass is 10.2. The van der Waals surface area contributed by atoms with Crippen LogP contribution in [0.1, 0.15) is 16.1 Å². The lowest BCUT2D eigenvalue weighted by Crippen LogP contribution is -2.43. The van der Waals surface area contributed by atoms with E-state index in [9.17, 15) is 14.4 Å². The van der Waals surface area contributed by atoms with Gasteiger partial charge in [-0.05, 0) is 43.3 Å². The van der Waals surface area contributed by atoms with E-state index in [1.807, 2.05) is 19.1 Å². The molecule has 0 aliphatic rings. The molecule has 3 aromatic rings. The number of nitrogens with zero attached hydrogens (tertiary/aromatic N) is 3. The quantitative estimate of drug-likeness (QED) is 0.765. The van der Waals surface area contributed by atoms with Gasteiger partial charge in [-0.25, -0.2) is 4.79 Å². The maximum Gasteiger partial charge on any atom is 0.351 e. The molecule has 132 valence electrons. The molecule has 0 aliphatic heterocycles. The van der Waals surface area contributed by atoms with Crippen molar-refractivity contribution in [1.29, 1.82) is 0 Å². The highest BCUT2D eigenvalue weighted by molar-refractivity contribution is 6.30. The van der Waals surface area contributed by atoms with Crippen LogP contribution in [0.5, 0.6) is 0 Å². The molecule has 0 aliphatic carbocycles. The van der Waals surface area contributed by atoms with E-state index in [0.717, 1.165) is 14.8 Å². The Kier molecular flexibility index (Phi) is 4.73. The minimum atomic E-state index is -0.773. The summed E-state index contributed by atoms with van der Waals surface area (Å²) in [4.78, 5) is 37.2. The molecule has 0 atom stereocenters. The van der Waals surface area contributed by atoms with Crippen molar-refractivity contribution in [2.45, 2.75) is 6.92 Å². The Labute approximate surface area is 153 Å². The van der Waals surface area contributed by atoms with Crippen molar-refractivity contribution in [3.8, 4) is 5.69 Å². The van der Waals surface area contributed by atoms with Crippen molar-refractivity contribution in [2.75, 3.05) is 5.32 Å². The van der Waals surface area contributed by atoms with Crippen molar-refractivity contribution in [3.05, 3.63) is 85.6 Å². The van der Waals surface area contributed by atoms with E-state index >= 15 is 0 Å². The second-order valence-electron chi connectivity index (χ2n) is 5.70. The number of nitrogens with one attached hydrogen (secondary N) is 1. The second-order valence-corrected chi connectivity index (χ2v) is 6.14. The van der Waals surface area contributed by atoms with Crippen molar-refractivity contribution in [2.24, 2.45) is 7.05 Å². The number of benzene rings is 2. The van der Waals surface area contributed by atoms with Crippen LogP contribution in [0.2, 0.25) is 5.02 Å². The fourth-order valence-corrected chi connectivity index (χ4v) is 2.42. The first-order valence-electron chi connectivity index (χ1n) is 7.71. The lowest BCUT2D eigenvalue weighted by molar-refractivity contribution is 0.101. The van der Waals surface area contributed by atoms with Crippen LogP contribution < -0.4 is 16.6 Å². The highest BCUT2D eigenvalue weighted by Crippen LogP contribution is 2.12. The van der Waals surface area contributed by atoms with Gasteiger partial charge >= 0.3 is 5.69 Å². The predicted molar refractivity (Wildman–Crippen MR) is 99.2 cm³/mol. The van der Waals surface area contributed by atoms with Gasteiger partial charge in [-0.1, -0.05) is 29.3 Å². The van der Waals surface area contributed by atoms with Gasteiger partial charge in [0.05, 0.1) is 5.69 Å². The standard InChI is InChI=1S/C18H15ClN4O3/c1-11-3-7-13(8-4-11)20-16(24)15-17(25)22(2)18(26)23(21-15)14-9-5-12(19)6-10-14/h3-10H,1-2H3,(H,20,24). The fraction of sp³-hybridized carbons (Fsp3) is 0.111. The summed E-state index contributed by atoms with van der Waals surface area (Å²) in [5.74, 6) is -0.697. The summed E-state index contributed by atoms with van der Waals surface area (Å²) in [6.45, 7) is 1.92. The zero-order valence-corrected chi connectivity index (χ0v) is 14.8. The summed E-state index contributed by atoms with van der Waals surface area (Å²) in [5.41, 5.74) is 0.123. The third kappa shape index (κ3) is 3.43. The lowest BCUT2D eigenvalue weighted by Gasteiger charge is -2.10. The van der Waals surface area contributed by atoms with Crippen molar-refractivity contribution in [1.82, 2.24) is 14.3 Å². The molecule has 3 rings (SSSR count). The molecule has 0 radical (unpaired) electrons. The summed E-state index contributed by atoms with van der Waals surface area (Å²) in [6, 6.07) is 13.4. The number of anilines is 1. The highest BCUT2D eigenvalue weighted by atomic mass is 35.5. The summed E-state index contributed by atoms with van der Waals surface area (Å²) >= 11 is 5.85. The SMILES string of the molecule is Cc1ccc(NC(=O)c2nn(-c3ccc(Cl)cc3)c(=O)n(C)c2=O)cc1. The molecule has 0 unspecified atom stereocenters. The van der Waals surface area contributed by atoms with Crippen LogP contribution in [0.15, 0.2) is 58.1 Å². The second kappa shape index (κ2) is 6.97. The van der Waals surface area contributed by atoms with Gasteiger partial charge in [0.2, 0.25) is 5.69 Å². The van der Waals surface area contributed by atoms with Gasteiger partial charge in [-0.2, -0.15) is 9.78 Å². The maximum absolute atomic E-state index is 12.5. The largest absolute Gasteiger partial charge is 0.351 e. The Morgan fingerprint density at radius 3 is 2.27 bits per heavy atom. The molecule has 0 bridgehead atoms. The molecule has 1 heterocycles. The maximum atomic E-state index is 12.5. The summed E-state index contributed by atoms with van der Waals surface area (Å²) in [7, 11) is 1.29. The van der Waals surface area contributed by atoms with Gasteiger partial charge in [0.1, 0.15) is 0 Å². The van der Waals surface area contributed by atoms with Crippen molar-refractivity contribution >= 4 is 23.2 Å². The molecule has 0 saturated heterocycles. The average molecular weight is 371 g/mol. The zero-order valence-electron chi connectivity index (χ0n) is 14.1. The minimum Gasteiger partial charge on any atom is -0.320 e. The molecule has 1 amide bonds. The topological polar surface area (TPSA) is 86.0 Å². The smallest absolute Gasteiger partial charge is 0.320 e. The third-order valence-corrected chi connectivity index (χ3v) is 4.02. The minimum absolute atomic E-state index is 0.386. The Morgan fingerprint density at radius 1 is 1.04 bits per heavy atom. The van der Waals surface area contributed by atoms with E-state index in [4.69, 9.17) is 11.6 Å². The van der Waals surface area contributed by atoms with Crippen LogP contribution >= 0.6 is 11.6 Å². The molecule has 26 heavy (non-hydrogen) atoms. The normalized spacial score (nSPS) is 10.6. The fourth-order valence-electron chi connectivity index (χ4n) is 2.29. The van der Waals surface area contributed by atoms with E-state index in [1.165, 1.54) is 7.05 Å². The molecule has 2 aromatic carbocycles. The van der Waals surface area contributed by atoms with Gasteiger partial charge < -0.3 is 5.32 Å². The number of rotatable bonds is 3. The number of hydrogen-bond acceptors (Lipinski definition) is 4. The molecule has 1 aromatic heterocycles. The summed E-state index contributed by atoms with van der Waals surface area (Å²) in [5, 5.41) is 7.06. The number of aryl methyl sites for hydroxylation is 1. The summed E-state index contributed by atoms with van der Waals surface area (Å²) < 4.78 is 1.83. The monoisotopic (exact) mass is 370 g/mol. The van der Waals surface area contributed by atoms with Crippen molar-refractivity contribution < 1.29 is 4.79 Å². The zero-order chi connectivity index (χ0) is 18.8. The molecule has 8 heteroatoms. The highest BCUT2D eigenvalue weighted by Gasteiger charge is 2.18. The first-order valence-corrected chi connectivity index (χ1v) is 8.09. The number of aromatic nitrogens is 3. The van der Waals surface area contributed by atoms with Gasteiger partial charge in [0.15, 0.2) is 0 Å². The van der Waals surface area contributed by atoms with Crippen LogP contribution in [0.4, 0.5) is 5.69 Å². The van der Waals surface area contributed by atoms with Crippen molar-refractivity contribution in [3.63, 3.8) is 0 Å².